The van der Waals surface area contributed by atoms with Crippen molar-refractivity contribution in [3.8, 4) is 10.4 Å². The maximum Gasteiger partial charge on any atom is 0.256 e. The zero-order valence-electron chi connectivity index (χ0n) is 16.5. The summed E-state index contributed by atoms with van der Waals surface area (Å²) in [6, 6.07) is 3.72. The van der Waals surface area contributed by atoms with Crippen LogP contribution >= 0.6 is 11.3 Å². The van der Waals surface area contributed by atoms with Gasteiger partial charge in [-0.1, -0.05) is 11.3 Å². The van der Waals surface area contributed by atoms with E-state index in [9.17, 15) is 13.2 Å². The first-order chi connectivity index (χ1) is 13.8. The van der Waals surface area contributed by atoms with Crippen molar-refractivity contribution >= 4 is 32.4 Å². The van der Waals surface area contributed by atoms with E-state index in [1.807, 2.05) is 17.9 Å². The van der Waals surface area contributed by atoms with Crippen molar-refractivity contribution in [2.45, 2.75) is 50.6 Å². The van der Waals surface area contributed by atoms with E-state index in [0.29, 0.717) is 36.2 Å². The van der Waals surface area contributed by atoms with Gasteiger partial charge in [0.2, 0.25) is 10.0 Å². The van der Waals surface area contributed by atoms with Crippen LogP contribution in [0.2, 0.25) is 0 Å². The topological polar surface area (TPSA) is 96.6 Å². The van der Waals surface area contributed by atoms with Crippen LogP contribution < -0.4 is 5.73 Å². The van der Waals surface area contributed by atoms with Gasteiger partial charge in [0.15, 0.2) is 5.13 Å². The second-order valence-electron chi connectivity index (χ2n) is 8.24. The van der Waals surface area contributed by atoms with E-state index in [2.05, 4.69) is 11.9 Å². The highest BCUT2D eigenvalue weighted by atomic mass is 32.2. The summed E-state index contributed by atoms with van der Waals surface area (Å²) >= 11 is 1.34. The fourth-order valence-electron chi connectivity index (χ4n) is 4.29. The van der Waals surface area contributed by atoms with Gasteiger partial charge in [-0.05, 0) is 62.3 Å². The summed E-state index contributed by atoms with van der Waals surface area (Å²) in [5.41, 5.74) is 8.55. The van der Waals surface area contributed by atoms with Crippen LogP contribution in [0.3, 0.4) is 0 Å². The van der Waals surface area contributed by atoms with Crippen molar-refractivity contribution in [2.75, 3.05) is 18.8 Å². The van der Waals surface area contributed by atoms with E-state index < -0.39 is 10.0 Å². The molecule has 9 heteroatoms. The number of rotatable bonds is 5. The number of anilines is 1. The SMILES string of the molecule is Cc1nc(N)sc1-c1cc2c(c(S(=O)(=O)N3CCC3)c1)C(=O)N(C(C)C1CC1)C2. The Morgan fingerprint density at radius 3 is 2.55 bits per heavy atom. The predicted octanol–water partition coefficient (Wildman–Crippen LogP) is 2.85. The number of nitrogens with zero attached hydrogens (tertiary/aromatic N) is 3. The average Bonchev–Trinajstić information content (AvgIpc) is 3.33. The number of sulfonamides is 1. The molecule has 1 aromatic heterocycles. The number of thiazole rings is 1. The molecule has 5 rings (SSSR count). The van der Waals surface area contributed by atoms with Crippen molar-refractivity contribution in [3.05, 3.63) is 29.0 Å². The Labute approximate surface area is 174 Å². The molecule has 1 unspecified atom stereocenters. The van der Waals surface area contributed by atoms with E-state index in [0.717, 1.165) is 41.0 Å². The predicted molar refractivity (Wildman–Crippen MR) is 112 cm³/mol. The molecule has 1 amide bonds. The van der Waals surface area contributed by atoms with Crippen LogP contribution in [0.4, 0.5) is 5.13 Å². The van der Waals surface area contributed by atoms with Crippen molar-refractivity contribution in [2.24, 2.45) is 5.92 Å². The van der Waals surface area contributed by atoms with Gasteiger partial charge in [-0.2, -0.15) is 4.31 Å². The number of fused-ring (bicyclic) bond motifs is 1. The van der Waals surface area contributed by atoms with Crippen LogP contribution in [-0.2, 0) is 16.6 Å². The van der Waals surface area contributed by atoms with E-state index in [1.54, 1.807) is 6.07 Å². The highest BCUT2D eigenvalue weighted by Crippen LogP contribution is 2.42. The van der Waals surface area contributed by atoms with Crippen LogP contribution in [0.15, 0.2) is 17.0 Å². The Morgan fingerprint density at radius 2 is 2.00 bits per heavy atom. The maximum atomic E-state index is 13.3. The van der Waals surface area contributed by atoms with Gasteiger partial charge in [-0.15, -0.1) is 0 Å². The van der Waals surface area contributed by atoms with Gasteiger partial charge < -0.3 is 10.6 Å². The number of nitrogen functional groups attached to an aromatic ring is 1. The van der Waals surface area contributed by atoms with Crippen molar-refractivity contribution in [1.29, 1.82) is 0 Å². The van der Waals surface area contributed by atoms with E-state index in [1.165, 1.54) is 15.6 Å². The highest BCUT2D eigenvalue weighted by molar-refractivity contribution is 7.89. The number of hydrogen-bond acceptors (Lipinski definition) is 6. The van der Waals surface area contributed by atoms with Crippen molar-refractivity contribution in [3.63, 3.8) is 0 Å². The van der Waals surface area contributed by atoms with Crippen molar-refractivity contribution in [1.82, 2.24) is 14.2 Å². The lowest BCUT2D eigenvalue weighted by Crippen LogP contribution is -2.42. The van der Waals surface area contributed by atoms with Crippen LogP contribution in [0.25, 0.3) is 10.4 Å². The van der Waals surface area contributed by atoms with E-state index in [-0.39, 0.29) is 16.8 Å². The smallest absolute Gasteiger partial charge is 0.256 e. The van der Waals surface area contributed by atoms with Gasteiger partial charge in [-0.3, -0.25) is 4.79 Å². The number of aromatic nitrogens is 1. The van der Waals surface area contributed by atoms with Crippen LogP contribution in [-0.4, -0.2) is 47.6 Å². The Morgan fingerprint density at radius 1 is 1.28 bits per heavy atom. The average molecular weight is 433 g/mol. The summed E-state index contributed by atoms with van der Waals surface area (Å²) in [7, 11) is -3.71. The molecule has 7 nitrogen and oxygen atoms in total. The first kappa shape index (κ1) is 19.0. The maximum absolute atomic E-state index is 13.3. The molecule has 1 aromatic carbocycles. The molecule has 0 bridgehead atoms. The Kier molecular flexibility index (Phi) is 4.27. The number of hydrogen-bond donors (Lipinski definition) is 1. The fraction of sp³-hybridized carbons (Fsp3) is 0.500. The largest absolute Gasteiger partial charge is 0.375 e. The summed E-state index contributed by atoms with van der Waals surface area (Å²) in [5.74, 6) is 0.359. The molecule has 0 spiro atoms. The van der Waals surface area contributed by atoms with Crippen LogP contribution in [0.5, 0.6) is 0 Å². The number of nitrogens with two attached hydrogens (primary N) is 1. The summed E-state index contributed by atoms with van der Waals surface area (Å²) in [5, 5.41) is 0.449. The molecule has 2 fully saturated rings. The molecule has 2 aromatic rings. The molecule has 1 saturated heterocycles. The Hall–Kier alpha value is -1.97. The summed E-state index contributed by atoms with van der Waals surface area (Å²) in [6.07, 6.45) is 3.11. The summed E-state index contributed by atoms with van der Waals surface area (Å²) in [4.78, 5) is 20.4. The molecule has 1 saturated carbocycles. The number of amides is 1. The summed E-state index contributed by atoms with van der Waals surface area (Å²) in [6.45, 7) is 5.40. The molecular weight excluding hydrogens is 408 g/mol. The van der Waals surface area contributed by atoms with Crippen molar-refractivity contribution < 1.29 is 13.2 Å². The molecule has 29 heavy (non-hydrogen) atoms. The quantitative estimate of drug-likeness (QED) is 0.784. The van der Waals surface area contributed by atoms with E-state index in [4.69, 9.17) is 5.73 Å². The first-order valence-electron chi connectivity index (χ1n) is 9.98. The number of aryl methyl sites for hydroxylation is 1. The molecule has 1 atom stereocenters. The zero-order valence-corrected chi connectivity index (χ0v) is 18.1. The molecule has 154 valence electrons. The molecule has 3 aliphatic rings. The molecule has 3 heterocycles. The second kappa shape index (κ2) is 6.52. The molecule has 2 N–H and O–H groups in total. The van der Waals surface area contributed by atoms with Gasteiger partial charge in [0.1, 0.15) is 0 Å². The van der Waals surface area contributed by atoms with Crippen LogP contribution in [0, 0.1) is 12.8 Å². The van der Waals surface area contributed by atoms with Gasteiger partial charge in [-0.25, -0.2) is 13.4 Å². The Balaban J connectivity index is 1.67. The third kappa shape index (κ3) is 2.98. The Bertz CT molecular complexity index is 1120. The minimum Gasteiger partial charge on any atom is -0.375 e. The zero-order chi connectivity index (χ0) is 20.5. The monoisotopic (exact) mass is 432 g/mol. The normalized spacial score (nSPS) is 20.6. The van der Waals surface area contributed by atoms with Gasteiger partial charge in [0, 0.05) is 25.7 Å². The minimum absolute atomic E-state index is 0.124. The molecule has 1 aliphatic carbocycles. The van der Waals surface area contributed by atoms with Gasteiger partial charge >= 0.3 is 0 Å². The van der Waals surface area contributed by atoms with Gasteiger partial charge in [0.25, 0.3) is 5.91 Å². The van der Waals surface area contributed by atoms with Gasteiger partial charge in [0.05, 0.1) is 21.0 Å². The minimum atomic E-state index is -3.71. The number of carbonyl (C=O) groups is 1. The van der Waals surface area contributed by atoms with E-state index >= 15 is 0 Å². The lowest BCUT2D eigenvalue weighted by atomic mass is 10.0. The lowest BCUT2D eigenvalue weighted by molar-refractivity contribution is 0.0694. The number of carbonyl (C=O) groups excluding carboxylic acids is 1. The molecule has 0 radical (unpaired) electrons. The highest BCUT2D eigenvalue weighted by Gasteiger charge is 2.43. The standard InChI is InChI=1S/C20H24N4O3S2/c1-11-18(28-20(21)22-11)14-8-15-10-24(12(2)13-4-5-13)19(25)17(15)16(9-14)29(26,27)23-6-3-7-23/h8-9,12-13H,3-7,10H2,1-2H3,(H2,21,22). The number of benzene rings is 1. The third-order valence-electron chi connectivity index (χ3n) is 6.30. The van der Waals surface area contributed by atoms with Crippen LogP contribution in [0.1, 0.15) is 47.8 Å². The molecular formula is C20H24N4O3S2. The fourth-order valence-corrected chi connectivity index (χ4v) is 6.88. The lowest BCUT2D eigenvalue weighted by Gasteiger charge is -2.30. The first-order valence-corrected chi connectivity index (χ1v) is 12.2. The third-order valence-corrected chi connectivity index (χ3v) is 9.26. The summed E-state index contributed by atoms with van der Waals surface area (Å²) < 4.78 is 28.1. The molecule has 2 aliphatic heterocycles. The second-order valence-corrected chi connectivity index (χ2v) is 11.2.